The van der Waals surface area contributed by atoms with Crippen molar-refractivity contribution in [2.45, 2.75) is 26.8 Å². The number of fused-ring (bicyclic) bond motifs is 1. The van der Waals surface area contributed by atoms with Crippen LogP contribution in [0.1, 0.15) is 37.3 Å². The van der Waals surface area contributed by atoms with Crippen molar-refractivity contribution < 1.29 is 19.0 Å². The number of rotatable bonds is 7. The first kappa shape index (κ1) is 24.4. The first-order chi connectivity index (χ1) is 16.4. The maximum absolute atomic E-state index is 13.6. The van der Waals surface area contributed by atoms with Crippen LogP contribution in [0.2, 0.25) is 0 Å². The Balaban J connectivity index is 1.90. The molecule has 0 radical (unpaired) electrons. The fraction of sp³-hybridized carbons (Fsp3) is 0.292. The Hall–Kier alpha value is -2.69. The first-order valence-electron chi connectivity index (χ1n) is 10.6. The highest BCUT2D eigenvalue weighted by Crippen LogP contribution is 2.37. The molecule has 0 aliphatic carbocycles. The number of halogens is 1. The molecule has 0 amide bonds. The molecule has 0 saturated carbocycles. The van der Waals surface area contributed by atoms with E-state index < -0.39 is 12.0 Å². The highest BCUT2D eigenvalue weighted by molar-refractivity contribution is 9.10. The summed E-state index contributed by atoms with van der Waals surface area (Å²) in [6.45, 7) is 6.17. The third-order valence-corrected chi connectivity index (χ3v) is 7.66. The summed E-state index contributed by atoms with van der Waals surface area (Å²) in [6, 6.07) is 6.92. The van der Waals surface area contributed by atoms with Gasteiger partial charge in [0.05, 0.1) is 40.6 Å². The summed E-state index contributed by atoms with van der Waals surface area (Å²) in [7, 11) is 1.57. The van der Waals surface area contributed by atoms with Gasteiger partial charge < -0.3 is 14.2 Å². The van der Waals surface area contributed by atoms with Crippen LogP contribution in [0.15, 0.2) is 55.2 Å². The van der Waals surface area contributed by atoms with Gasteiger partial charge in [0.1, 0.15) is 6.04 Å². The van der Waals surface area contributed by atoms with Crippen LogP contribution in [0.25, 0.3) is 6.08 Å². The minimum Gasteiger partial charge on any atom is -0.493 e. The average Bonchev–Trinajstić information content (AvgIpc) is 3.43. The molecular weight excluding hydrogens is 540 g/mol. The number of thiophene rings is 1. The molecular formula is C24H23BrN2O5S2. The summed E-state index contributed by atoms with van der Waals surface area (Å²) in [4.78, 5) is 32.5. The van der Waals surface area contributed by atoms with Crippen molar-refractivity contribution in [2.24, 2.45) is 4.99 Å². The summed E-state index contributed by atoms with van der Waals surface area (Å²) < 4.78 is 19.3. The normalized spacial score (nSPS) is 15.7. The molecule has 0 saturated heterocycles. The number of esters is 1. The molecule has 0 bridgehead atoms. The van der Waals surface area contributed by atoms with Crippen LogP contribution in [-0.2, 0) is 9.53 Å². The zero-order valence-corrected chi connectivity index (χ0v) is 22.3. The summed E-state index contributed by atoms with van der Waals surface area (Å²) >= 11 is 6.30. The zero-order valence-electron chi connectivity index (χ0n) is 19.1. The number of ether oxygens (including phenoxy) is 3. The second-order valence-electron chi connectivity index (χ2n) is 7.28. The standard InChI is InChI=1S/C24H23BrN2O5S2/c1-5-31-21-15(25)10-14(11-16(21)30-4)12-18-22(28)27-20(17-8-7-9-33-17)19(23(29)32-6-2)13(3)26-24(27)34-18/h7-12,20H,5-6H2,1-4H3/b18-12-/t20-/m0/s1. The molecule has 1 aromatic carbocycles. The Morgan fingerprint density at radius 3 is 2.74 bits per heavy atom. The van der Waals surface area contributed by atoms with Crippen LogP contribution in [-0.4, -0.2) is 30.9 Å². The fourth-order valence-electron chi connectivity index (χ4n) is 3.77. The fourth-order valence-corrected chi connectivity index (χ4v) is 6.21. The number of hydrogen-bond donors (Lipinski definition) is 0. The van der Waals surface area contributed by atoms with Crippen molar-refractivity contribution in [3.05, 3.63) is 75.5 Å². The third kappa shape index (κ3) is 4.49. The molecule has 0 fully saturated rings. The minimum absolute atomic E-state index is 0.222. The van der Waals surface area contributed by atoms with E-state index in [1.54, 1.807) is 31.6 Å². The van der Waals surface area contributed by atoms with E-state index in [0.717, 1.165) is 14.9 Å². The van der Waals surface area contributed by atoms with Gasteiger partial charge in [0.2, 0.25) is 0 Å². The van der Waals surface area contributed by atoms with Crippen LogP contribution >= 0.6 is 38.6 Å². The largest absolute Gasteiger partial charge is 0.493 e. The second-order valence-corrected chi connectivity index (χ2v) is 10.1. The number of allylic oxidation sites excluding steroid dienone is 1. The average molecular weight is 563 g/mol. The van der Waals surface area contributed by atoms with Crippen LogP contribution in [0.5, 0.6) is 11.5 Å². The van der Waals surface area contributed by atoms with Gasteiger partial charge in [0, 0.05) is 4.88 Å². The Morgan fingerprint density at radius 2 is 2.09 bits per heavy atom. The van der Waals surface area contributed by atoms with E-state index in [4.69, 9.17) is 14.2 Å². The number of methoxy groups -OCH3 is 1. The SMILES string of the molecule is CCOC(=O)C1=C(C)N=c2s/c(=C\c3cc(Br)c(OCC)c(OC)c3)c(=O)n2[C@H]1c1cccs1. The van der Waals surface area contributed by atoms with Crippen molar-refractivity contribution in [3.8, 4) is 11.5 Å². The molecule has 178 valence electrons. The van der Waals surface area contributed by atoms with Gasteiger partial charge >= 0.3 is 5.97 Å². The maximum atomic E-state index is 13.6. The smallest absolute Gasteiger partial charge is 0.338 e. The Bertz CT molecular complexity index is 1440. The van der Waals surface area contributed by atoms with Crippen molar-refractivity contribution >= 4 is 50.6 Å². The van der Waals surface area contributed by atoms with Crippen molar-refractivity contribution in [1.82, 2.24) is 4.57 Å². The topological polar surface area (TPSA) is 79.1 Å². The van der Waals surface area contributed by atoms with Gasteiger partial charge in [-0.1, -0.05) is 17.4 Å². The number of thiazole rings is 1. The number of hydrogen-bond acceptors (Lipinski definition) is 8. The molecule has 0 spiro atoms. The molecule has 4 rings (SSSR count). The van der Waals surface area contributed by atoms with Crippen LogP contribution < -0.4 is 24.4 Å². The van der Waals surface area contributed by atoms with Gasteiger partial charge in [-0.05, 0) is 71.9 Å². The molecule has 34 heavy (non-hydrogen) atoms. The molecule has 3 aromatic rings. The Morgan fingerprint density at radius 1 is 1.29 bits per heavy atom. The third-order valence-electron chi connectivity index (χ3n) is 5.17. The molecule has 2 aromatic heterocycles. The van der Waals surface area contributed by atoms with Crippen LogP contribution in [0, 0.1) is 0 Å². The molecule has 1 aliphatic heterocycles. The van der Waals surface area contributed by atoms with Gasteiger partial charge in [-0.2, -0.15) is 0 Å². The maximum Gasteiger partial charge on any atom is 0.338 e. The lowest BCUT2D eigenvalue weighted by Gasteiger charge is -2.23. The highest BCUT2D eigenvalue weighted by atomic mass is 79.9. The summed E-state index contributed by atoms with van der Waals surface area (Å²) in [5.74, 6) is 0.708. The quantitative estimate of drug-likeness (QED) is 0.406. The molecule has 1 atom stereocenters. The number of carbonyl (C=O) groups is 1. The second kappa shape index (κ2) is 10.3. The number of carbonyl (C=O) groups excluding carboxylic acids is 1. The van der Waals surface area contributed by atoms with Crippen molar-refractivity contribution in [2.75, 3.05) is 20.3 Å². The van der Waals surface area contributed by atoms with E-state index in [0.29, 0.717) is 38.7 Å². The van der Waals surface area contributed by atoms with Gasteiger partial charge in [-0.15, -0.1) is 11.3 Å². The Labute approximate surface area is 212 Å². The van der Waals surface area contributed by atoms with E-state index >= 15 is 0 Å². The van der Waals surface area contributed by atoms with E-state index in [2.05, 4.69) is 20.9 Å². The van der Waals surface area contributed by atoms with Crippen LogP contribution in [0.3, 0.4) is 0 Å². The van der Waals surface area contributed by atoms with E-state index in [1.165, 1.54) is 22.7 Å². The van der Waals surface area contributed by atoms with Gasteiger partial charge in [-0.25, -0.2) is 9.79 Å². The number of aromatic nitrogens is 1. The molecule has 3 heterocycles. The van der Waals surface area contributed by atoms with E-state index in [1.807, 2.05) is 36.6 Å². The Kier molecular flexibility index (Phi) is 7.39. The molecule has 1 aliphatic rings. The predicted octanol–water partition coefficient (Wildman–Crippen LogP) is 4.03. The van der Waals surface area contributed by atoms with Gasteiger partial charge in [0.15, 0.2) is 16.3 Å². The lowest BCUT2D eigenvalue weighted by molar-refractivity contribution is -0.139. The molecule has 7 nitrogen and oxygen atoms in total. The molecule has 0 N–H and O–H groups in total. The lowest BCUT2D eigenvalue weighted by atomic mass is 10.0. The lowest BCUT2D eigenvalue weighted by Crippen LogP contribution is -2.39. The molecule has 0 unspecified atom stereocenters. The monoisotopic (exact) mass is 562 g/mol. The van der Waals surface area contributed by atoms with Gasteiger partial charge in [-0.3, -0.25) is 9.36 Å². The van der Waals surface area contributed by atoms with E-state index in [9.17, 15) is 9.59 Å². The number of nitrogens with zero attached hydrogens (tertiary/aromatic N) is 2. The highest BCUT2D eigenvalue weighted by Gasteiger charge is 2.33. The van der Waals surface area contributed by atoms with Crippen molar-refractivity contribution in [1.29, 1.82) is 0 Å². The molecule has 10 heteroatoms. The first-order valence-corrected chi connectivity index (χ1v) is 13.1. The number of benzene rings is 1. The van der Waals surface area contributed by atoms with E-state index in [-0.39, 0.29) is 12.2 Å². The minimum atomic E-state index is -0.584. The summed E-state index contributed by atoms with van der Waals surface area (Å²) in [6.07, 6.45) is 1.79. The van der Waals surface area contributed by atoms with Crippen LogP contribution in [0.4, 0.5) is 0 Å². The summed E-state index contributed by atoms with van der Waals surface area (Å²) in [5.41, 5.74) is 1.48. The zero-order chi connectivity index (χ0) is 24.4. The van der Waals surface area contributed by atoms with Crippen molar-refractivity contribution in [3.63, 3.8) is 0 Å². The van der Waals surface area contributed by atoms with Gasteiger partial charge in [0.25, 0.3) is 5.56 Å². The predicted molar refractivity (Wildman–Crippen MR) is 137 cm³/mol. The summed E-state index contributed by atoms with van der Waals surface area (Å²) in [5, 5.41) is 1.92.